The maximum absolute atomic E-state index is 12.5. The van der Waals surface area contributed by atoms with Crippen LogP contribution in [0.3, 0.4) is 0 Å². The van der Waals surface area contributed by atoms with E-state index in [2.05, 4.69) is 14.8 Å². The number of halogens is 4. The zero-order valence-electron chi connectivity index (χ0n) is 18.9. The average molecular weight is 563 g/mol. The number of amides is 2. The Morgan fingerprint density at radius 2 is 1.29 bits per heavy atom. The van der Waals surface area contributed by atoms with Crippen molar-refractivity contribution in [2.45, 2.75) is 37.8 Å². The third kappa shape index (κ3) is 6.85. The fourth-order valence-corrected chi connectivity index (χ4v) is 4.19. The number of carbonyl (C=O) groups is 3. The number of hydrogen-bond donors (Lipinski definition) is 2. The second kappa shape index (κ2) is 11.6. The lowest BCUT2D eigenvalue weighted by Gasteiger charge is -2.23. The molecule has 0 aliphatic heterocycles. The van der Waals surface area contributed by atoms with Crippen LogP contribution in [-0.4, -0.2) is 49.2 Å². The van der Waals surface area contributed by atoms with Crippen molar-refractivity contribution in [3.8, 4) is 0 Å². The quantitative estimate of drug-likeness (QED) is 0.326. The van der Waals surface area contributed by atoms with Gasteiger partial charge in [-0.15, -0.1) is 0 Å². The number of nitrogens with two attached hydrogens (primary N) is 1. The van der Waals surface area contributed by atoms with Gasteiger partial charge in [-0.1, -0.05) is 46.4 Å². The highest BCUT2D eigenvalue weighted by Crippen LogP contribution is 2.38. The Morgan fingerprint density at radius 1 is 0.829 bits per heavy atom. The maximum Gasteiger partial charge on any atom is 0.339 e. The van der Waals surface area contributed by atoms with Gasteiger partial charge in [0.05, 0.1) is 46.8 Å². The van der Waals surface area contributed by atoms with E-state index in [1.165, 1.54) is 38.5 Å². The summed E-state index contributed by atoms with van der Waals surface area (Å²) in [7, 11) is 2.52. The van der Waals surface area contributed by atoms with Crippen LogP contribution in [0.25, 0.3) is 0 Å². The second-order valence-corrected chi connectivity index (χ2v) is 9.58. The van der Waals surface area contributed by atoms with Crippen LogP contribution in [0, 0.1) is 0 Å². The summed E-state index contributed by atoms with van der Waals surface area (Å²) >= 11 is 23.6. The molecule has 0 radical (unpaired) electrons. The molecule has 8 nitrogen and oxygen atoms in total. The number of nitrogens with zero attached hydrogens (tertiary/aromatic N) is 1. The van der Waals surface area contributed by atoms with Crippen molar-refractivity contribution in [1.29, 1.82) is 0 Å². The van der Waals surface area contributed by atoms with Crippen LogP contribution in [-0.2, 0) is 9.47 Å². The number of nitrogen functional groups attached to an aromatic ring is 1. The molecule has 2 saturated carbocycles. The fraction of sp³-hybridized carbons (Fsp3) is 0.348. The first-order valence-electron chi connectivity index (χ1n) is 10.6. The molecule has 0 saturated heterocycles. The van der Waals surface area contributed by atoms with Gasteiger partial charge in [0, 0.05) is 22.1 Å². The molecule has 3 N–H and O–H groups in total. The lowest BCUT2D eigenvalue weighted by molar-refractivity contribution is 0.0592. The Kier molecular flexibility index (Phi) is 8.99. The molecule has 188 valence electrons. The Hall–Kier alpha value is -2.39. The van der Waals surface area contributed by atoms with Gasteiger partial charge in [-0.05, 0) is 49.9 Å². The minimum Gasteiger partial charge on any atom is -0.465 e. The fourth-order valence-electron chi connectivity index (χ4n) is 3.32. The number of anilines is 2. The molecule has 2 aromatic carbocycles. The molecule has 2 fully saturated rings. The number of hydrogen-bond acceptors (Lipinski definition) is 6. The number of esters is 2. The number of methoxy groups -OCH3 is 2. The van der Waals surface area contributed by atoms with Crippen molar-refractivity contribution in [2.24, 2.45) is 0 Å². The molecule has 0 heterocycles. The summed E-state index contributed by atoms with van der Waals surface area (Å²) in [6.45, 7) is 0. The van der Waals surface area contributed by atoms with E-state index in [-0.39, 0.29) is 32.9 Å². The van der Waals surface area contributed by atoms with E-state index in [4.69, 9.17) is 52.1 Å². The standard InChI is InChI=1S/C15H16Cl2N2O3.C8H7Cl2NO2/c1-22-14(20)11-6-8(16)7-12(13(11)17)18-15(21)19(9-2-3-9)10-4-5-10;1-13-8(12)5-2-4(9)3-6(11)7(5)10/h6-7,9-10H,2-5H2,1H3,(H,18,21);2-3H,11H2,1H3. The normalized spacial score (nSPS) is 14.3. The number of ether oxygens (including phenoxy) is 2. The monoisotopic (exact) mass is 561 g/mol. The molecule has 2 aliphatic rings. The SMILES string of the molecule is COC(=O)c1cc(Cl)cc(N)c1Cl.COC(=O)c1cc(Cl)cc(NC(=O)N(C2CC2)C2CC2)c1Cl. The smallest absolute Gasteiger partial charge is 0.339 e. The van der Waals surface area contributed by atoms with E-state index in [0.717, 1.165) is 25.7 Å². The van der Waals surface area contributed by atoms with Crippen LogP contribution in [0.15, 0.2) is 24.3 Å². The molecule has 2 aliphatic carbocycles. The molecule has 0 spiro atoms. The van der Waals surface area contributed by atoms with Gasteiger partial charge in [-0.2, -0.15) is 0 Å². The number of benzene rings is 2. The minimum absolute atomic E-state index is 0.135. The number of nitrogens with one attached hydrogen (secondary N) is 1. The molecule has 35 heavy (non-hydrogen) atoms. The highest BCUT2D eigenvalue weighted by atomic mass is 35.5. The molecular weight excluding hydrogens is 540 g/mol. The summed E-state index contributed by atoms with van der Waals surface area (Å²) in [5.74, 6) is -1.15. The lowest BCUT2D eigenvalue weighted by atomic mass is 10.2. The highest BCUT2D eigenvalue weighted by molar-refractivity contribution is 6.39. The van der Waals surface area contributed by atoms with Crippen LogP contribution in [0.1, 0.15) is 46.4 Å². The van der Waals surface area contributed by atoms with Crippen LogP contribution in [0.4, 0.5) is 16.2 Å². The van der Waals surface area contributed by atoms with E-state index in [1.54, 1.807) is 0 Å². The highest BCUT2D eigenvalue weighted by Gasteiger charge is 2.42. The molecule has 2 aromatic rings. The van der Waals surface area contributed by atoms with Crippen LogP contribution in [0.2, 0.25) is 20.1 Å². The van der Waals surface area contributed by atoms with Crippen molar-refractivity contribution >= 4 is 75.7 Å². The van der Waals surface area contributed by atoms with Gasteiger partial charge in [0.1, 0.15) is 0 Å². The van der Waals surface area contributed by atoms with Gasteiger partial charge in [0.25, 0.3) is 0 Å². The van der Waals surface area contributed by atoms with E-state index >= 15 is 0 Å². The van der Waals surface area contributed by atoms with Gasteiger partial charge >= 0.3 is 18.0 Å². The van der Waals surface area contributed by atoms with Crippen LogP contribution in [0.5, 0.6) is 0 Å². The average Bonchev–Trinajstić information content (AvgIpc) is 3.74. The molecule has 12 heteroatoms. The topological polar surface area (TPSA) is 111 Å². The summed E-state index contributed by atoms with van der Waals surface area (Å²) in [5, 5.41) is 3.73. The van der Waals surface area contributed by atoms with Crippen molar-refractivity contribution in [3.63, 3.8) is 0 Å². The molecule has 4 rings (SSSR count). The molecular formula is C23H23Cl4N3O5. The maximum atomic E-state index is 12.5. The molecule has 0 atom stereocenters. The first kappa shape index (κ1) is 27.2. The third-order valence-corrected chi connectivity index (χ3v) is 6.54. The minimum atomic E-state index is -0.593. The summed E-state index contributed by atoms with van der Waals surface area (Å²) < 4.78 is 9.16. The van der Waals surface area contributed by atoms with Gasteiger partial charge in [-0.25, -0.2) is 14.4 Å². The molecule has 2 amide bonds. The van der Waals surface area contributed by atoms with Gasteiger partial charge in [0.2, 0.25) is 0 Å². The Bertz CT molecular complexity index is 1140. The number of carbonyl (C=O) groups excluding carboxylic acids is 3. The first-order chi connectivity index (χ1) is 16.6. The number of urea groups is 1. The zero-order chi connectivity index (χ0) is 25.9. The molecule has 0 unspecified atom stereocenters. The van der Waals surface area contributed by atoms with Crippen LogP contribution >= 0.6 is 46.4 Å². The van der Waals surface area contributed by atoms with E-state index in [0.29, 0.717) is 27.8 Å². The largest absolute Gasteiger partial charge is 0.465 e. The lowest BCUT2D eigenvalue weighted by Crippen LogP contribution is -2.38. The third-order valence-electron chi connectivity index (χ3n) is 5.27. The predicted molar refractivity (Wildman–Crippen MR) is 137 cm³/mol. The van der Waals surface area contributed by atoms with Crippen molar-refractivity contribution in [1.82, 2.24) is 4.90 Å². The predicted octanol–water partition coefficient (Wildman–Crippen LogP) is 6.30. The summed E-state index contributed by atoms with van der Waals surface area (Å²) in [6.07, 6.45) is 4.17. The van der Waals surface area contributed by atoms with E-state index in [1.807, 2.05) is 4.90 Å². The van der Waals surface area contributed by atoms with Gasteiger partial charge < -0.3 is 25.4 Å². The Labute approximate surface area is 222 Å². The summed E-state index contributed by atoms with van der Waals surface area (Å²) in [6, 6.07) is 6.29. The first-order valence-corrected chi connectivity index (χ1v) is 12.1. The van der Waals surface area contributed by atoms with Crippen molar-refractivity contribution in [2.75, 3.05) is 25.3 Å². The molecule has 0 aromatic heterocycles. The summed E-state index contributed by atoms with van der Waals surface area (Å²) in [4.78, 5) is 37.2. The van der Waals surface area contributed by atoms with Gasteiger partial charge in [-0.3, -0.25) is 0 Å². The Morgan fingerprint density at radius 3 is 1.74 bits per heavy atom. The van der Waals surface area contributed by atoms with Crippen molar-refractivity contribution in [3.05, 3.63) is 55.5 Å². The van der Waals surface area contributed by atoms with Crippen molar-refractivity contribution < 1.29 is 23.9 Å². The summed E-state index contributed by atoms with van der Waals surface area (Å²) in [5.41, 5.74) is 6.38. The molecule has 0 bridgehead atoms. The van der Waals surface area contributed by atoms with E-state index < -0.39 is 11.9 Å². The second-order valence-electron chi connectivity index (χ2n) is 7.95. The van der Waals surface area contributed by atoms with Gasteiger partial charge in [0.15, 0.2) is 0 Å². The van der Waals surface area contributed by atoms with Crippen LogP contribution < -0.4 is 11.1 Å². The zero-order valence-corrected chi connectivity index (χ0v) is 21.9. The number of rotatable bonds is 5. The van der Waals surface area contributed by atoms with E-state index in [9.17, 15) is 14.4 Å². The Balaban J connectivity index is 0.000000225.